The average Bonchev–Trinajstić information content (AvgIpc) is 3.05. The van der Waals surface area contributed by atoms with E-state index >= 15 is 0 Å². The monoisotopic (exact) mass is 407 g/mol. The number of ether oxygens (including phenoxy) is 2. The molecular weight excluding hydrogens is 382 g/mol. The summed E-state index contributed by atoms with van der Waals surface area (Å²) in [7, 11) is 1.54. The molecule has 7 heteroatoms. The molecule has 0 aliphatic heterocycles. The van der Waals surface area contributed by atoms with Crippen molar-refractivity contribution >= 4 is 11.8 Å². The molecule has 3 rings (SSSR count). The number of carbonyl (C=O) groups is 2. The molecule has 30 heavy (non-hydrogen) atoms. The zero-order chi connectivity index (χ0) is 21.7. The molecule has 1 aromatic heterocycles. The molecule has 0 spiro atoms. The molecule has 7 nitrogen and oxygen atoms in total. The van der Waals surface area contributed by atoms with E-state index < -0.39 is 11.8 Å². The molecule has 3 aromatic rings. The third-order valence-electron chi connectivity index (χ3n) is 4.68. The number of carbonyl (C=O) groups excluding carboxylic acids is 2. The first kappa shape index (κ1) is 21.0. The highest BCUT2D eigenvalue weighted by molar-refractivity contribution is 5.97. The largest absolute Gasteiger partial charge is 0.493 e. The van der Waals surface area contributed by atoms with Crippen molar-refractivity contribution in [2.45, 2.75) is 20.8 Å². The summed E-state index contributed by atoms with van der Waals surface area (Å²) < 4.78 is 12.7. The number of rotatable bonds is 6. The zero-order valence-corrected chi connectivity index (χ0v) is 17.5. The second kappa shape index (κ2) is 9.17. The Labute approximate surface area is 175 Å². The summed E-state index contributed by atoms with van der Waals surface area (Å²) in [4.78, 5) is 24.7. The number of hydrogen-bond acceptors (Lipinski definition) is 4. The van der Waals surface area contributed by atoms with Crippen LogP contribution in [0.4, 0.5) is 0 Å². The number of nitrogens with one attached hydrogen (secondary N) is 2. The molecule has 156 valence electrons. The first-order valence-corrected chi connectivity index (χ1v) is 9.51. The van der Waals surface area contributed by atoms with Crippen LogP contribution in [0.1, 0.15) is 27.3 Å². The standard InChI is InChI=1S/C23H25N3O4/c1-15-10-11-20(21(12-15)29-4)30-14-22(27)24-25-23(28)19-13-16(2)26(17(19)3)18-8-6-5-7-9-18/h5-13H,14H2,1-4H3,(H,24,27)(H,25,28). The molecule has 0 bridgehead atoms. The lowest BCUT2D eigenvalue weighted by Gasteiger charge is -2.12. The maximum Gasteiger partial charge on any atom is 0.276 e. The lowest BCUT2D eigenvalue weighted by atomic mass is 10.2. The highest BCUT2D eigenvalue weighted by atomic mass is 16.5. The minimum Gasteiger partial charge on any atom is -0.493 e. The Morgan fingerprint density at radius 2 is 1.67 bits per heavy atom. The number of hydrazine groups is 1. The Balaban J connectivity index is 1.60. The average molecular weight is 407 g/mol. The summed E-state index contributed by atoms with van der Waals surface area (Å²) in [6.45, 7) is 5.47. The summed E-state index contributed by atoms with van der Waals surface area (Å²) >= 11 is 0. The topological polar surface area (TPSA) is 81.6 Å². The molecule has 0 saturated heterocycles. The summed E-state index contributed by atoms with van der Waals surface area (Å²) in [6.07, 6.45) is 0. The van der Waals surface area contributed by atoms with Gasteiger partial charge < -0.3 is 14.0 Å². The van der Waals surface area contributed by atoms with Gasteiger partial charge >= 0.3 is 0 Å². The van der Waals surface area contributed by atoms with E-state index in [2.05, 4.69) is 10.9 Å². The zero-order valence-electron chi connectivity index (χ0n) is 17.5. The second-order valence-electron chi connectivity index (χ2n) is 6.90. The minimum atomic E-state index is -0.483. The molecule has 1 heterocycles. The first-order chi connectivity index (χ1) is 14.4. The molecule has 0 fully saturated rings. The van der Waals surface area contributed by atoms with Crippen LogP contribution >= 0.6 is 0 Å². The van der Waals surface area contributed by atoms with Crippen LogP contribution in [0, 0.1) is 20.8 Å². The lowest BCUT2D eigenvalue weighted by Crippen LogP contribution is -2.44. The Morgan fingerprint density at radius 1 is 0.933 bits per heavy atom. The second-order valence-corrected chi connectivity index (χ2v) is 6.90. The van der Waals surface area contributed by atoms with E-state index in [1.807, 2.05) is 67.8 Å². The van der Waals surface area contributed by atoms with Gasteiger partial charge in [0.2, 0.25) is 0 Å². The number of benzene rings is 2. The molecule has 2 N–H and O–H groups in total. The molecule has 2 amide bonds. The van der Waals surface area contributed by atoms with Gasteiger partial charge in [0, 0.05) is 17.1 Å². The molecule has 2 aromatic carbocycles. The van der Waals surface area contributed by atoms with Crippen LogP contribution in [-0.2, 0) is 4.79 Å². The lowest BCUT2D eigenvalue weighted by molar-refractivity contribution is -0.123. The Morgan fingerprint density at radius 3 is 2.37 bits per heavy atom. The van der Waals surface area contributed by atoms with Crippen molar-refractivity contribution in [3.05, 3.63) is 77.1 Å². The molecule has 0 aliphatic rings. The third kappa shape index (κ3) is 4.63. The number of amides is 2. The van der Waals surface area contributed by atoms with Crippen molar-refractivity contribution in [3.8, 4) is 17.2 Å². The summed E-state index contributed by atoms with van der Waals surface area (Å²) in [6, 6.07) is 17.0. The SMILES string of the molecule is COc1cc(C)ccc1OCC(=O)NNC(=O)c1cc(C)n(-c2ccccc2)c1C. The summed E-state index contributed by atoms with van der Waals surface area (Å²) in [5.41, 5.74) is 9.00. The molecule has 0 aliphatic carbocycles. The van der Waals surface area contributed by atoms with Crippen molar-refractivity contribution in [2.24, 2.45) is 0 Å². The van der Waals surface area contributed by atoms with Gasteiger partial charge in [-0.3, -0.25) is 20.4 Å². The maximum absolute atomic E-state index is 12.6. The van der Waals surface area contributed by atoms with Crippen molar-refractivity contribution in [1.82, 2.24) is 15.4 Å². The Bertz CT molecular complexity index is 1060. The van der Waals surface area contributed by atoms with Crippen LogP contribution in [0.25, 0.3) is 5.69 Å². The van der Waals surface area contributed by atoms with Crippen molar-refractivity contribution in [1.29, 1.82) is 0 Å². The van der Waals surface area contributed by atoms with Crippen LogP contribution in [0.2, 0.25) is 0 Å². The van der Waals surface area contributed by atoms with Crippen LogP contribution in [-0.4, -0.2) is 30.1 Å². The molecule has 0 unspecified atom stereocenters. The highest BCUT2D eigenvalue weighted by Crippen LogP contribution is 2.27. The number of methoxy groups -OCH3 is 1. The predicted molar refractivity (Wildman–Crippen MR) is 114 cm³/mol. The molecule has 0 radical (unpaired) electrons. The van der Waals surface area contributed by atoms with Crippen molar-refractivity contribution < 1.29 is 19.1 Å². The number of para-hydroxylation sites is 1. The van der Waals surface area contributed by atoms with Gasteiger partial charge in [-0.25, -0.2) is 0 Å². The molecule has 0 saturated carbocycles. The number of aromatic nitrogens is 1. The van der Waals surface area contributed by atoms with E-state index in [9.17, 15) is 9.59 Å². The van der Waals surface area contributed by atoms with Crippen LogP contribution in [0.3, 0.4) is 0 Å². The summed E-state index contributed by atoms with van der Waals surface area (Å²) in [5.74, 6) is 0.116. The van der Waals surface area contributed by atoms with Crippen molar-refractivity contribution in [2.75, 3.05) is 13.7 Å². The number of nitrogens with zero attached hydrogens (tertiary/aromatic N) is 1. The van der Waals surface area contributed by atoms with Crippen molar-refractivity contribution in [3.63, 3.8) is 0 Å². The van der Waals surface area contributed by atoms with Crippen LogP contribution in [0.15, 0.2) is 54.6 Å². The van der Waals surface area contributed by atoms with E-state index in [-0.39, 0.29) is 6.61 Å². The van der Waals surface area contributed by atoms with E-state index in [1.165, 1.54) is 7.11 Å². The van der Waals surface area contributed by atoms with Gasteiger partial charge in [-0.15, -0.1) is 0 Å². The van der Waals surface area contributed by atoms with Crippen LogP contribution in [0.5, 0.6) is 11.5 Å². The van der Waals surface area contributed by atoms with Gasteiger partial charge in [-0.05, 0) is 56.7 Å². The third-order valence-corrected chi connectivity index (χ3v) is 4.68. The maximum atomic E-state index is 12.6. The minimum absolute atomic E-state index is 0.261. The van der Waals surface area contributed by atoms with E-state index in [0.717, 1.165) is 22.6 Å². The Hall–Kier alpha value is -3.74. The number of aryl methyl sites for hydroxylation is 2. The van der Waals surface area contributed by atoms with Gasteiger partial charge in [0.15, 0.2) is 18.1 Å². The van der Waals surface area contributed by atoms with E-state index in [0.29, 0.717) is 17.1 Å². The number of hydrogen-bond donors (Lipinski definition) is 2. The fourth-order valence-corrected chi connectivity index (χ4v) is 3.23. The van der Waals surface area contributed by atoms with Gasteiger partial charge in [0.05, 0.1) is 12.7 Å². The fourth-order valence-electron chi connectivity index (χ4n) is 3.23. The smallest absolute Gasteiger partial charge is 0.276 e. The highest BCUT2D eigenvalue weighted by Gasteiger charge is 2.17. The normalized spacial score (nSPS) is 10.4. The van der Waals surface area contributed by atoms with E-state index in [1.54, 1.807) is 12.1 Å². The van der Waals surface area contributed by atoms with Gasteiger partial charge in [0.25, 0.3) is 11.8 Å². The first-order valence-electron chi connectivity index (χ1n) is 9.51. The molecular formula is C23H25N3O4. The molecule has 0 atom stereocenters. The quantitative estimate of drug-likeness (QED) is 0.615. The fraction of sp³-hybridized carbons (Fsp3) is 0.217. The van der Waals surface area contributed by atoms with Crippen LogP contribution < -0.4 is 20.3 Å². The van der Waals surface area contributed by atoms with Gasteiger partial charge in [-0.1, -0.05) is 24.3 Å². The van der Waals surface area contributed by atoms with E-state index in [4.69, 9.17) is 9.47 Å². The predicted octanol–water partition coefficient (Wildman–Crippen LogP) is 3.25. The van der Waals surface area contributed by atoms with Gasteiger partial charge in [0.1, 0.15) is 0 Å². The summed E-state index contributed by atoms with van der Waals surface area (Å²) in [5, 5.41) is 0. The van der Waals surface area contributed by atoms with Gasteiger partial charge in [-0.2, -0.15) is 0 Å². The Kier molecular flexibility index (Phi) is 6.41.